The molecule has 3 aromatic rings. The molecule has 9 heteroatoms. The van der Waals surface area contributed by atoms with Crippen LogP contribution >= 0.6 is 0 Å². The average Bonchev–Trinajstić information content (AvgIpc) is 3.02. The summed E-state index contributed by atoms with van der Waals surface area (Å²) in [7, 11) is 0. The SMILES string of the molecule is CCC(C(=O)N1CCN(c2ccc(NC(=O)c3ccc(F)cc3)cc2C(=O)N2CCOCC2)CC1)c1ccccc1. The summed E-state index contributed by atoms with van der Waals surface area (Å²) < 4.78 is 18.7. The number of carbonyl (C=O) groups is 3. The lowest BCUT2D eigenvalue weighted by atomic mass is 9.94. The van der Waals surface area contributed by atoms with Crippen molar-refractivity contribution in [1.82, 2.24) is 9.80 Å². The zero-order chi connectivity index (χ0) is 28.8. The fourth-order valence-electron chi connectivity index (χ4n) is 5.43. The first-order valence-corrected chi connectivity index (χ1v) is 14.1. The van der Waals surface area contributed by atoms with Gasteiger partial charge in [0.1, 0.15) is 5.82 Å². The highest BCUT2D eigenvalue weighted by molar-refractivity contribution is 6.06. The van der Waals surface area contributed by atoms with Crippen molar-refractivity contribution in [3.05, 3.63) is 95.3 Å². The van der Waals surface area contributed by atoms with Crippen LogP contribution in [0.1, 0.15) is 45.5 Å². The molecule has 1 atom stereocenters. The number of piperazine rings is 1. The van der Waals surface area contributed by atoms with E-state index in [0.29, 0.717) is 69.3 Å². The monoisotopic (exact) mass is 558 g/mol. The number of nitrogens with zero attached hydrogens (tertiary/aromatic N) is 3. The number of carbonyl (C=O) groups excluding carboxylic acids is 3. The molecule has 0 aliphatic carbocycles. The molecule has 5 rings (SSSR count). The predicted molar refractivity (Wildman–Crippen MR) is 156 cm³/mol. The lowest BCUT2D eigenvalue weighted by Crippen LogP contribution is -2.50. The summed E-state index contributed by atoms with van der Waals surface area (Å²) in [5.41, 5.74) is 3.07. The van der Waals surface area contributed by atoms with E-state index in [1.54, 1.807) is 17.0 Å². The number of morpholine rings is 1. The topological polar surface area (TPSA) is 82.2 Å². The van der Waals surface area contributed by atoms with Crippen LogP contribution in [0.2, 0.25) is 0 Å². The Hall–Kier alpha value is -4.24. The highest BCUT2D eigenvalue weighted by Gasteiger charge is 2.30. The van der Waals surface area contributed by atoms with Gasteiger partial charge in [0, 0.05) is 56.2 Å². The van der Waals surface area contributed by atoms with Crippen molar-refractivity contribution < 1.29 is 23.5 Å². The highest BCUT2D eigenvalue weighted by atomic mass is 19.1. The molecular formula is C32H35FN4O4. The Morgan fingerprint density at radius 2 is 1.54 bits per heavy atom. The van der Waals surface area contributed by atoms with Gasteiger partial charge in [0.25, 0.3) is 11.8 Å². The van der Waals surface area contributed by atoms with Gasteiger partial charge in [-0.25, -0.2) is 4.39 Å². The van der Waals surface area contributed by atoms with Crippen LogP contribution in [0.4, 0.5) is 15.8 Å². The molecule has 2 aliphatic rings. The third-order valence-electron chi connectivity index (χ3n) is 7.73. The number of ether oxygens (including phenoxy) is 1. The molecule has 2 saturated heterocycles. The summed E-state index contributed by atoms with van der Waals surface area (Å²) in [6.45, 7) is 6.24. The first kappa shape index (κ1) is 28.3. The molecule has 0 radical (unpaired) electrons. The first-order chi connectivity index (χ1) is 19.9. The number of nitrogens with one attached hydrogen (secondary N) is 1. The van der Waals surface area contributed by atoms with Crippen molar-refractivity contribution >= 4 is 29.1 Å². The van der Waals surface area contributed by atoms with Crippen molar-refractivity contribution in [2.24, 2.45) is 0 Å². The van der Waals surface area contributed by atoms with E-state index < -0.39 is 11.7 Å². The smallest absolute Gasteiger partial charge is 0.256 e. The van der Waals surface area contributed by atoms with E-state index in [4.69, 9.17) is 4.74 Å². The highest BCUT2D eigenvalue weighted by Crippen LogP contribution is 2.29. The van der Waals surface area contributed by atoms with Gasteiger partial charge < -0.3 is 24.8 Å². The molecule has 214 valence electrons. The molecular weight excluding hydrogens is 523 g/mol. The number of benzene rings is 3. The van der Waals surface area contributed by atoms with E-state index >= 15 is 0 Å². The van der Waals surface area contributed by atoms with Gasteiger partial charge >= 0.3 is 0 Å². The van der Waals surface area contributed by atoms with Crippen LogP contribution in [0.15, 0.2) is 72.8 Å². The largest absolute Gasteiger partial charge is 0.378 e. The summed E-state index contributed by atoms with van der Waals surface area (Å²) in [5, 5.41) is 2.83. The van der Waals surface area contributed by atoms with Crippen molar-refractivity contribution in [1.29, 1.82) is 0 Å². The summed E-state index contributed by atoms with van der Waals surface area (Å²) >= 11 is 0. The molecule has 41 heavy (non-hydrogen) atoms. The van der Waals surface area contributed by atoms with E-state index in [1.807, 2.05) is 48.2 Å². The summed E-state index contributed by atoms with van der Waals surface area (Å²) in [6, 6.07) is 20.5. The molecule has 2 heterocycles. The maximum absolute atomic E-state index is 13.7. The maximum atomic E-state index is 13.7. The van der Waals surface area contributed by atoms with Crippen molar-refractivity contribution in [2.75, 3.05) is 62.7 Å². The number of anilines is 2. The third-order valence-corrected chi connectivity index (χ3v) is 7.73. The van der Waals surface area contributed by atoms with Crippen LogP contribution in [0, 0.1) is 5.82 Å². The molecule has 3 amide bonds. The first-order valence-electron chi connectivity index (χ1n) is 14.1. The molecule has 1 N–H and O–H groups in total. The van der Waals surface area contributed by atoms with Crippen LogP contribution in [-0.4, -0.2) is 80.0 Å². The predicted octanol–water partition coefficient (Wildman–Crippen LogP) is 4.39. The van der Waals surface area contributed by atoms with Gasteiger partial charge in [0.05, 0.1) is 24.7 Å². The minimum absolute atomic E-state index is 0.127. The quantitative estimate of drug-likeness (QED) is 0.465. The lowest BCUT2D eigenvalue weighted by Gasteiger charge is -2.38. The van der Waals surface area contributed by atoms with Crippen LogP contribution in [-0.2, 0) is 9.53 Å². The Morgan fingerprint density at radius 1 is 0.854 bits per heavy atom. The van der Waals surface area contributed by atoms with Gasteiger partial charge in [-0.1, -0.05) is 37.3 Å². The Kier molecular flexibility index (Phi) is 8.94. The summed E-state index contributed by atoms with van der Waals surface area (Å²) in [6.07, 6.45) is 0.729. The van der Waals surface area contributed by atoms with E-state index in [1.165, 1.54) is 24.3 Å². The maximum Gasteiger partial charge on any atom is 0.256 e. The second-order valence-electron chi connectivity index (χ2n) is 10.3. The molecule has 3 aromatic carbocycles. The van der Waals surface area contributed by atoms with E-state index in [-0.39, 0.29) is 17.7 Å². The number of halogens is 1. The lowest BCUT2D eigenvalue weighted by molar-refractivity contribution is -0.133. The normalized spacial score (nSPS) is 16.3. The van der Waals surface area contributed by atoms with Gasteiger partial charge in [0.15, 0.2) is 0 Å². The van der Waals surface area contributed by atoms with Crippen molar-refractivity contribution in [3.63, 3.8) is 0 Å². The summed E-state index contributed by atoms with van der Waals surface area (Å²) in [5.74, 6) is -0.989. The van der Waals surface area contributed by atoms with Crippen molar-refractivity contribution in [2.45, 2.75) is 19.3 Å². The van der Waals surface area contributed by atoms with E-state index in [2.05, 4.69) is 10.2 Å². The van der Waals surface area contributed by atoms with Crippen LogP contribution < -0.4 is 10.2 Å². The molecule has 0 spiro atoms. The molecule has 8 nitrogen and oxygen atoms in total. The van der Waals surface area contributed by atoms with Crippen LogP contribution in [0.5, 0.6) is 0 Å². The van der Waals surface area contributed by atoms with Crippen LogP contribution in [0.3, 0.4) is 0 Å². The van der Waals surface area contributed by atoms with Gasteiger partial charge in [-0.3, -0.25) is 14.4 Å². The van der Waals surface area contributed by atoms with E-state index in [9.17, 15) is 18.8 Å². The van der Waals surface area contributed by atoms with E-state index in [0.717, 1.165) is 17.7 Å². The Labute approximate surface area is 239 Å². The fourth-order valence-corrected chi connectivity index (χ4v) is 5.43. The Bertz CT molecular complexity index is 1370. The minimum Gasteiger partial charge on any atom is -0.378 e. The third kappa shape index (κ3) is 6.57. The zero-order valence-corrected chi connectivity index (χ0v) is 23.2. The minimum atomic E-state index is -0.420. The number of hydrogen-bond acceptors (Lipinski definition) is 5. The van der Waals surface area contributed by atoms with Crippen molar-refractivity contribution in [3.8, 4) is 0 Å². The standard InChI is InChI=1S/C32H35FN4O4/c1-2-27(23-6-4-3-5-7-23)31(39)36-16-14-35(15-17-36)29-13-12-26(34-30(38)24-8-10-25(33)11-9-24)22-28(29)32(40)37-18-20-41-21-19-37/h3-13,22,27H,2,14-21H2,1H3,(H,34,38). The number of amides is 3. The van der Waals surface area contributed by atoms with Gasteiger partial charge in [-0.2, -0.15) is 0 Å². The van der Waals surface area contributed by atoms with Crippen LogP contribution in [0.25, 0.3) is 0 Å². The average molecular weight is 559 g/mol. The molecule has 2 aliphatic heterocycles. The number of hydrogen-bond donors (Lipinski definition) is 1. The second-order valence-corrected chi connectivity index (χ2v) is 10.3. The summed E-state index contributed by atoms with van der Waals surface area (Å²) in [4.78, 5) is 45.7. The van der Waals surface area contributed by atoms with Gasteiger partial charge in [-0.05, 0) is 54.4 Å². The molecule has 0 saturated carbocycles. The number of rotatable bonds is 7. The molecule has 0 bridgehead atoms. The Balaban J connectivity index is 1.34. The van der Waals surface area contributed by atoms with Gasteiger partial charge in [-0.15, -0.1) is 0 Å². The molecule has 2 fully saturated rings. The zero-order valence-electron chi connectivity index (χ0n) is 23.2. The molecule has 1 unspecified atom stereocenters. The second kappa shape index (κ2) is 13.0. The Morgan fingerprint density at radius 3 is 2.20 bits per heavy atom. The van der Waals surface area contributed by atoms with Gasteiger partial charge in [0.2, 0.25) is 5.91 Å². The molecule has 0 aromatic heterocycles. The fraction of sp³-hybridized carbons (Fsp3) is 0.344.